The lowest BCUT2D eigenvalue weighted by Crippen LogP contribution is -2.24. The zero-order valence-corrected chi connectivity index (χ0v) is 38.2. The SMILES string of the molecule is COCC(CO)CNc1nc(NCCS(=O)(=O)O)nc(Nc2ccc(C=Cc3ccc(Nc4nc(NCCS(=O)(=O)O)nc(NCC(CO)COC)n4)cc3S(=O)(=O)O)c(S(=O)(=O)O)c2)n1. The van der Waals surface area contributed by atoms with E-state index in [1.165, 1.54) is 38.5 Å². The summed E-state index contributed by atoms with van der Waals surface area (Å²) >= 11 is 0. The number of hydrogen-bond donors (Lipinski definition) is 12. The zero-order chi connectivity index (χ0) is 48.7. The van der Waals surface area contributed by atoms with Crippen molar-refractivity contribution >= 4 is 99.7 Å². The van der Waals surface area contributed by atoms with Crippen LogP contribution < -0.4 is 31.9 Å². The van der Waals surface area contributed by atoms with Gasteiger partial charge in [0.1, 0.15) is 9.79 Å². The highest BCUT2D eigenvalue weighted by molar-refractivity contribution is 7.86. The lowest BCUT2D eigenvalue weighted by atomic mass is 10.1. The molecule has 0 spiro atoms. The first-order valence-corrected chi connectivity index (χ1v) is 25.1. The number of ether oxygens (including phenoxy) is 2. The van der Waals surface area contributed by atoms with E-state index in [9.17, 15) is 53.0 Å². The van der Waals surface area contributed by atoms with Gasteiger partial charge >= 0.3 is 0 Å². The van der Waals surface area contributed by atoms with Crippen molar-refractivity contribution in [2.75, 3.05) is 110 Å². The van der Waals surface area contributed by atoms with Gasteiger partial charge in [0.15, 0.2) is 0 Å². The number of aliphatic hydroxyl groups excluding tert-OH is 2. The topological polar surface area (TPSA) is 426 Å². The van der Waals surface area contributed by atoms with E-state index in [1.54, 1.807) is 0 Å². The summed E-state index contributed by atoms with van der Waals surface area (Å²) in [4.78, 5) is 23.6. The second-order valence-electron chi connectivity index (χ2n) is 13.8. The number of rotatable bonds is 28. The van der Waals surface area contributed by atoms with Gasteiger partial charge < -0.3 is 51.6 Å². The number of anilines is 8. The lowest BCUT2D eigenvalue weighted by molar-refractivity contribution is 0.116. The first-order valence-electron chi connectivity index (χ1n) is 19.0. The van der Waals surface area contributed by atoms with Gasteiger partial charge in [-0.25, -0.2) is 0 Å². The van der Waals surface area contributed by atoms with Crippen molar-refractivity contribution in [3.8, 4) is 0 Å². The van der Waals surface area contributed by atoms with Crippen LogP contribution in [0.2, 0.25) is 0 Å². The van der Waals surface area contributed by atoms with E-state index in [4.69, 9.17) is 18.6 Å². The molecule has 0 aliphatic carbocycles. The number of nitrogens with zero attached hydrogens (tertiary/aromatic N) is 6. The summed E-state index contributed by atoms with van der Waals surface area (Å²) in [5.74, 6) is -3.07. The third kappa shape index (κ3) is 18.0. The van der Waals surface area contributed by atoms with E-state index in [2.05, 4.69) is 61.8 Å². The maximum absolute atomic E-state index is 12.6. The molecule has 0 saturated heterocycles. The standard InChI is InChI=1S/C34H48N12O16S4/c1-61-19-21(17-47)15-37-31-41-29(35-9-11-63(49,50)51)43-33(45-31)39-25-7-5-23(27(13-25)65(55,56)57)3-4-24-6-8-26(14-28(24)66(58,59)60)40-34-44-30(36-10-12-64(52,53)54)42-32(46-34)38-16-22(18-48)20-62-2/h3-8,13-14,21-22,47-48H,9-12,15-20H2,1-2H3,(H,49,50,51)(H,52,53,54)(H,55,56,57)(H,58,59,60)(H3,35,37,39,41,43,45)(H3,36,38,40,42,44,46). The Balaban J connectivity index is 1.64. The molecule has 2 aromatic carbocycles. The van der Waals surface area contributed by atoms with E-state index in [0.29, 0.717) is 0 Å². The summed E-state index contributed by atoms with van der Waals surface area (Å²) in [5, 5.41) is 35.8. The lowest BCUT2D eigenvalue weighted by Gasteiger charge is -2.15. The molecule has 2 unspecified atom stereocenters. The van der Waals surface area contributed by atoms with Crippen LogP contribution in [-0.2, 0) is 49.9 Å². The van der Waals surface area contributed by atoms with E-state index >= 15 is 0 Å². The minimum atomic E-state index is -4.99. The average Bonchev–Trinajstić information content (AvgIpc) is 3.22. The maximum Gasteiger partial charge on any atom is 0.295 e. The molecule has 0 amide bonds. The number of aliphatic hydroxyl groups is 2. The molecule has 28 nitrogen and oxygen atoms in total. The van der Waals surface area contributed by atoms with Crippen molar-refractivity contribution in [3.05, 3.63) is 47.5 Å². The summed E-state index contributed by atoms with van der Waals surface area (Å²) in [7, 11) is -15.8. The van der Waals surface area contributed by atoms with E-state index < -0.39 is 61.8 Å². The van der Waals surface area contributed by atoms with Gasteiger partial charge in [-0.1, -0.05) is 24.3 Å². The van der Waals surface area contributed by atoms with Crippen LogP contribution in [-0.4, -0.2) is 170 Å². The van der Waals surface area contributed by atoms with Crippen LogP contribution in [0.4, 0.5) is 47.1 Å². The molecule has 2 aromatic heterocycles. The Morgan fingerprint density at radius 1 is 0.530 bits per heavy atom. The van der Waals surface area contributed by atoms with Crippen molar-refractivity contribution < 1.29 is 71.6 Å². The van der Waals surface area contributed by atoms with Crippen LogP contribution in [0.5, 0.6) is 0 Å². The van der Waals surface area contributed by atoms with Crippen LogP contribution >= 0.6 is 0 Å². The van der Waals surface area contributed by atoms with Crippen molar-refractivity contribution in [1.29, 1.82) is 0 Å². The fraction of sp³-hybridized carbons (Fsp3) is 0.412. The van der Waals surface area contributed by atoms with Crippen LogP contribution in [0.3, 0.4) is 0 Å². The van der Waals surface area contributed by atoms with E-state index in [0.717, 1.165) is 24.3 Å². The molecule has 4 aromatic rings. The molecule has 0 bridgehead atoms. The normalized spacial score (nSPS) is 13.3. The minimum Gasteiger partial charge on any atom is -0.396 e. The van der Waals surface area contributed by atoms with E-state index in [1.807, 2.05) is 0 Å². The molecule has 0 fully saturated rings. The fourth-order valence-corrected chi connectivity index (χ4v) is 7.58. The molecule has 0 aliphatic heterocycles. The van der Waals surface area contributed by atoms with Crippen LogP contribution in [0.25, 0.3) is 12.2 Å². The Labute approximate surface area is 379 Å². The molecule has 2 heterocycles. The van der Waals surface area contributed by atoms with Gasteiger partial charge in [-0.15, -0.1) is 0 Å². The molecule has 0 radical (unpaired) electrons. The van der Waals surface area contributed by atoms with Gasteiger partial charge in [0, 0.05) is 76.8 Å². The van der Waals surface area contributed by atoms with Gasteiger partial charge in [0.25, 0.3) is 40.5 Å². The first kappa shape index (κ1) is 53.1. The molecule has 66 heavy (non-hydrogen) atoms. The Bertz CT molecular complexity index is 2580. The Kier molecular flexibility index (Phi) is 19.1. The van der Waals surface area contributed by atoms with Gasteiger partial charge in [0.05, 0.1) is 24.7 Å². The molecule has 0 saturated carbocycles. The molecule has 364 valence electrons. The fourth-order valence-electron chi connectivity index (χ4n) is 5.44. The highest BCUT2D eigenvalue weighted by Gasteiger charge is 2.20. The van der Waals surface area contributed by atoms with Gasteiger partial charge in [-0.05, 0) is 35.4 Å². The molecule has 2 atom stereocenters. The summed E-state index contributed by atoms with van der Waals surface area (Å²) in [6, 6.07) is 7.16. The first-order chi connectivity index (χ1) is 31.0. The number of benzene rings is 2. The quantitative estimate of drug-likeness (QED) is 0.0266. The third-order valence-corrected chi connectivity index (χ3v) is 11.8. The maximum atomic E-state index is 12.6. The predicted molar refractivity (Wildman–Crippen MR) is 239 cm³/mol. The Morgan fingerprint density at radius 3 is 1.17 bits per heavy atom. The minimum absolute atomic E-state index is 0.000790. The van der Waals surface area contributed by atoms with Crippen molar-refractivity contribution in [1.82, 2.24) is 29.9 Å². The largest absolute Gasteiger partial charge is 0.396 e. The smallest absolute Gasteiger partial charge is 0.295 e. The molecular formula is C34H48N12O16S4. The molecule has 12 N–H and O–H groups in total. The summed E-state index contributed by atoms with van der Waals surface area (Å²) in [5.41, 5.74) is -0.310. The highest BCUT2D eigenvalue weighted by Crippen LogP contribution is 2.28. The molecule has 32 heteroatoms. The summed E-state index contributed by atoms with van der Waals surface area (Å²) < 4.78 is 144. The number of nitrogens with one attached hydrogen (secondary N) is 6. The second-order valence-corrected chi connectivity index (χ2v) is 19.8. The van der Waals surface area contributed by atoms with E-state index in [-0.39, 0.29) is 123 Å². The number of hydrogen-bond acceptors (Lipinski definition) is 24. The second kappa shape index (κ2) is 23.8. The molecular weight excluding hydrogens is 961 g/mol. The van der Waals surface area contributed by atoms with Gasteiger partial charge in [-0.3, -0.25) is 18.2 Å². The monoisotopic (exact) mass is 1010 g/mol. The number of aromatic nitrogens is 6. The third-order valence-electron chi connectivity index (χ3n) is 8.51. The highest BCUT2D eigenvalue weighted by atomic mass is 32.2. The van der Waals surface area contributed by atoms with Crippen molar-refractivity contribution in [2.24, 2.45) is 11.8 Å². The number of methoxy groups -OCH3 is 2. The summed E-state index contributed by atoms with van der Waals surface area (Å²) in [6.45, 7) is -0.562. The summed E-state index contributed by atoms with van der Waals surface area (Å²) in [6.07, 6.45) is 2.28. The zero-order valence-electron chi connectivity index (χ0n) is 34.9. The molecule has 0 aliphatic rings. The average molecular weight is 1010 g/mol. The van der Waals surface area contributed by atoms with Gasteiger partial charge in [-0.2, -0.15) is 63.6 Å². The van der Waals surface area contributed by atoms with Gasteiger partial charge in [0.2, 0.25) is 35.7 Å². The predicted octanol–water partition coefficient (Wildman–Crippen LogP) is 0.141. The van der Waals surface area contributed by atoms with Crippen LogP contribution in [0, 0.1) is 11.8 Å². The molecule has 4 rings (SSSR count). The van der Waals surface area contributed by atoms with Crippen molar-refractivity contribution in [3.63, 3.8) is 0 Å². The van der Waals surface area contributed by atoms with Crippen LogP contribution in [0.1, 0.15) is 11.1 Å². The van der Waals surface area contributed by atoms with Crippen molar-refractivity contribution in [2.45, 2.75) is 9.79 Å². The van der Waals surface area contributed by atoms with Crippen LogP contribution in [0.15, 0.2) is 46.2 Å². The Morgan fingerprint density at radius 2 is 0.864 bits per heavy atom. The Hall–Kier alpha value is -5.52.